The predicted octanol–water partition coefficient (Wildman–Crippen LogP) is 5.77. The number of benzene rings is 3. The van der Waals surface area contributed by atoms with Crippen LogP contribution in [0.15, 0.2) is 60.7 Å². The number of hydrogen-bond acceptors (Lipinski definition) is 1. The molecule has 3 aromatic carbocycles. The van der Waals surface area contributed by atoms with Crippen molar-refractivity contribution in [1.82, 2.24) is 5.32 Å². The van der Waals surface area contributed by atoms with Crippen LogP contribution in [0.4, 0.5) is 4.39 Å². The average molecular weight is 332 g/mol. The molecular formula is C23H23FN. The van der Waals surface area contributed by atoms with Crippen LogP contribution in [0.2, 0.25) is 0 Å². The van der Waals surface area contributed by atoms with Gasteiger partial charge in [0, 0.05) is 17.5 Å². The Morgan fingerprint density at radius 3 is 2.56 bits per heavy atom. The number of hydrogen-bond donors (Lipinski definition) is 1. The van der Waals surface area contributed by atoms with E-state index in [9.17, 15) is 4.39 Å². The number of halogens is 1. The van der Waals surface area contributed by atoms with Gasteiger partial charge in [-0.25, -0.2) is 4.39 Å². The molecule has 3 atom stereocenters. The van der Waals surface area contributed by atoms with E-state index >= 15 is 0 Å². The summed E-state index contributed by atoms with van der Waals surface area (Å²) in [7, 11) is 0. The summed E-state index contributed by atoms with van der Waals surface area (Å²) >= 11 is 0. The molecule has 0 aliphatic heterocycles. The lowest BCUT2D eigenvalue weighted by molar-refractivity contribution is 0.458. The Morgan fingerprint density at radius 1 is 1.00 bits per heavy atom. The molecule has 2 heteroatoms. The molecule has 3 aromatic rings. The predicted molar refractivity (Wildman–Crippen MR) is 101 cm³/mol. The Kier molecular flexibility index (Phi) is 4.54. The van der Waals surface area contributed by atoms with Gasteiger partial charge in [-0.05, 0) is 60.7 Å². The van der Waals surface area contributed by atoms with E-state index in [4.69, 9.17) is 0 Å². The Morgan fingerprint density at radius 2 is 1.76 bits per heavy atom. The lowest BCUT2D eigenvalue weighted by Crippen LogP contribution is -2.29. The molecule has 127 valence electrons. The fourth-order valence-electron chi connectivity index (χ4n) is 4.21. The molecule has 1 radical (unpaired) electrons. The topological polar surface area (TPSA) is 12.0 Å². The maximum atomic E-state index is 14.1. The van der Waals surface area contributed by atoms with Crippen molar-refractivity contribution in [2.24, 2.45) is 0 Å². The van der Waals surface area contributed by atoms with Crippen molar-refractivity contribution in [3.8, 4) is 0 Å². The summed E-state index contributed by atoms with van der Waals surface area (Å²) in [6.45, 7) is 2.19. The van der Waals surface area contributed by atoms with Crippen LogP contribution in [-0.2, 0) is 0 Å². The highest BCUT2D eigenvalue weighted by Crippen LogP contribution is 2.36. The second kappa shape index (κ2) is 6.97. The summed E-state index contributed by atoms with van der Waals surface area (Å²) in [6.07, 6.45) is 3.57. The summed E-state index contributed by atoms with van der Waals surface area (Å²) in [4.78, 5) is 0. The fraction of sp³-hybridized carbons (Fsp3) is 0.304. The van der Waals surface area contributed by atoms with E-state index in [-0.39, 0.29) is 11.9 Å². The van der Waals surface area contributed by atoms with Crippen molar-refractivity contribution < 1.29 is 4.39 Å². The summed E-state index contributed by atoms with van der Waals surface area (Å²) in [5.74, 6) is 0.484. The van der Waals surface area contributed by atoms with Gasteiger partial charge in [0.1, 0.15) is 5.82 Å². The first-order valence-corrected chi connectivity index (χ1v) is 9.11. The smallest absolute Gasteiger partial charge is 0.131 e. The number of fused-ring (bicyclic) bond motifs is 1. The van der Waals surface area contributed by atoms with E-state index in [2.05, 4.69) is 30.4 Å². The highest BCUT2D eigenvalue weighted by atomic mass is 19.1. The van der Waals surface area contributed by atoms with Crippen molar-refractivity contribution in [3.63, 3.8) is 0 Å². The Hall–Kier alpha value is -2.19. The van der Waals surface area contributed by atoms with Gasteiger partial charge < -0.3 is 5.32 Å². The van der Waals surface area contributed by atoms with Gasteiger partial charge in [0.2, 0.25) is 0 Å². The van der Waals surface area contributed by atoms with Crippen molar-refractivity contribution in [2.75, 3.05) is 0 Å². The second-order valence-electron chi connectivity index (χ2n) is 7.11. The van der Waals surface area contributed by atoms with Crippen LogP contribution in [0.3, 0.4) is 0 Å². The summed E-state index contributed by atoms with van der Waals surface area (Å²) in [6, 6.07) is 23.5. The highest BCUT2D eigenvalue weighted by Gasteiger charge is 2.27. The Balaban J connectivity index is 1.50. The van der Waals surface area contributed by atoms with Crippen molar-refractivity contribution in [3.05, 3.63) is 83.7 Å². The molecule has 0 aromatic heterocycles. The van der Waals surface area contributed by atoms with Crippen LogP contribution in [0, 0.1) is 11.9 Å². The third-order valence-electron chi connectivity index (χ3n) is 5.50. The molecule has 0 heterocycles. The largest absolute Gasteiger partial charge is 0.307 e. The van der Waals surface area contributed by atoms with Crippen molar-refractivity contribution in [1.29, 1.82) is 0 Å². The van der Waals surface area contributed by atoms with Crippen LogP contribution in [0.5, 0.6) is 0 Å². The standard InChI is InChI=1S/C23H23FN/c1-16(20-13-14-23(24)22-10-6-5-9-21(20)22)25-19-12-11-18(15-19)17-7-3-2-4-8-17/h3-10,13-14,16,18-19,25H,11-12,15H2,1H3/t16-,18?,19?/m1/s1. The first kappa shape index (κ1) is 16.3. The maximum Gasteiger partial charge on any atom is 0.131 e. The van der Waals surface area contributed by atoms with Gasteiger partial charge in [-0.3, -0.25) is 0 Å². The normalized spacial score (nSPS) is 21.5. The third-order valence-corrected chi connectivity index (χ3v) is 5.50. The number of rotatable bonds is 4. The van der Waals surface area contributed by atoms with E-state index in [1.165, 1.54) is 24.0 Å². The van der Waals surface area contributed by atoms with Gasteiger partial charge >= 0.3 is 0 Å². The SMILES string of the molecule is C[C@@H](NC1CCC(c2cc[c]cc2)C1)c1ccc(F)c2ccccc12. The van der Waals surface area contributed by atoms with Gasteiger partial charge in [0.05, 0.1) is 0 Å². The zero-order valence-electron chi connectivity index (χ0n) is 14.5. The van der Waals surface area contributed by atoms with Gasteiger partial charge in [0.15, 0.2) is 0 Å². The first-order valence-electron chi connectivity index (χ1n) is 9.11. The van der Waals surface area contributed by atoms with E-state index in [0.717, 1.165) is 11.8 Å². The molecule has 2 unspecified atom stereocenters. The molecule has 1 saturated carbocycles. The van der Waals surface area contributed by atoms with E-state index in [0.29, 0.717) is 17.3 Å². The minimum absolute atomic E-state index is 0.145. The second-order valence-corrected chi connectivity index (χ2v) is 7.11. The maximum absolute atomic E-state index is 14.1. The van der Waals surface area contributed by atoms with Crippen molar-refractivity contribution in [2.45, 2.75) is 44.2 Å². The molecule has 25 heavy (non-hydrogen) atoms. The van der Waals surface area contributed by atoms with Gasteiger partial charge in [-0.2, -0.15) is 0 Å². The van der Waals surface area contributed by atoms with E-state index in [1.807, 2.05) is 42.5 Å². The van der Waals surface area contributed by atoms with E-state index < -0.39 is 0 Å². The molecule has 1 N–H and O–H groups in total. The quantitative estimate of drug-likeness (QED) is 0.640. The molecule has 0 spiro atoms. The summed E-state index contributed by atoms with van der Waals surface area (Å²) in [5, 5.41) is 5.49. The van der Waals surface area contributed by atoms with Crippen LogP contribution >= 0.6 is 0 Å². The molecule has 1 fully saturated rings. The third kappa shape index (κ3) is 3.32. The minimum Gasteiger partial charge on any atom is -0.307 e. The summed E-state index contributed by atoms with van der Waals surface area (Å²) in [5.41, 5.74) is 2.60. The fourth-order valence-corrected chi connectivity index (χ4v) is 4.21. The molecule has 4 rings (SSSR count). The van der Waals surface area contributed by atoms with Crippen molar-refractivity contribution >= 4 is 10.8 Å². The zero-order chi connectivity index (χ0) is 17.2. The molecule has 1 aliphatic rings. The summed E-state index contributed by atoms with van der Waals surface area (Å²) < 4.78 is 14.1. The van der Waals surface area contributed by atoms with Gasteiger partial charge in [-0.15, -0.1) is 0 Å². The highest BCUT2D eigenvalue weighted by molar-refractivity contribution is 5.86. The van der Waals surface area contributed by atoms with Crippen LogP contribution < -0.4 is 5.32 Å². The lowest BCUT2D eigenvalue weighted by Gasteiger charge is -2.22. The molecule has 0 saturated heterocycles. The molecule has 1 nitrogen and oxygen atoms in total. The molecular weight excluding hydrogens is 309 g/mol. The van der Waals surface area contributed by atoms with Crippen LogP contribution in [0.25, 0.3) is 10.8 Å². The van der Waals surface area contributed by atoms with Gasteiger partial charge in [0.25, 0.3) is 0 Å². The number of nitrogens with one attached hydrogen (secondary N) is 1. The average Bonchev–Trinajstić information content (AvgIpc) is 3.11. The lowest BCUT2D eigenvalue weighted by atomic mass is 9.97. The molecule has 1 aliphatic carbocycles. The van der Waals surface area contributed by atoms with Crippen LogP contribution in [0.1, 0.15) is 49.3 Å². The Labute approximate surface area is 148 Å². The Bertz CT molecular complexity index is 858. The molecule has 0 amide bonds. The van der Waals surface area contributed by atoms with Gasteiger partial charge in [-0.1, -0.05) is 54.6 Å². The van der Waals surface area contributed by atoms with Crippen LogP contribution in [-0.4, -0.2) is 6.04 Å². The van der Waals surface area contributed by atoms with E-state index in [1.54, 1.807) is 6.07 Å². The minimum atomic E-state index is -0.145. The molecule has 0 bridgehead atoms. The first-order chi connectivity index (χ1) is 12.2. The zero-order valence-corrected chi connectivity index (χ0v) is 14.5. The monoisotopic (exact) mass is 332 g/mol.